The summed E-state index contributed by atoms with van der Waals surface area (Å²) in [5.41, 5.74) is 1.08. The molecular formula is C19H21N5O3. The fourth-order valence-corrected chi connectivity index (χ4v) is 3.50. The van der Waals surface area contributed by atoms with E-state index in [2.05, 4.69) is 11.6 Å². The van der Waals surface area contributed by atoms with Crippen LogP contribution in [0.4, 0.5) is 11.6 Å². The molecule has 1 aliphatic rings. The normalized spacial score (nSPS) is 13.2. The van der Waals surface area contributed by atoms with Crippen molar-refractivity contribution in [3.05, 3.63) is 57.8 Å². The fraction of sp³-hybridized carbons (Fsp3) is 0.316. The molecule has 0 bridgehead atoms. The first-order chi connectivity index (χ1) is 13.1. The first-order valence-electron chi connectivity index (χ1n) is 8.88. The van der Waals surface area contributed by atoms with Crippen LogP contribution in [0.2, 0.25) is 0 Å². The third-order valence-electron chi connectivity index (χ3n) is 4.77. The van der Waals surface area contributed by atoms with Crippen LogP contribution in [0.5, 0.6) is 5.75 Å². The number of allylic oxidation sites excluding steroid dienone is 1. The number of benzene rings is 1. The Kier molecular flexibility index (Phi) is 4.10. The molecule has 140 valence electrons. The Hall–Kier alpha value is -3.29. The number of ether oxygens (including phenoxy) is 1. The molecule has 0 atom stereocenters. The number of hydrogen-bond donors (Lipinski definition) is 0. The van der Waals surface area contributed by atoms with Crippen LogP contribution in [-0.2, 0) is 20.1 Å². The van der Waals surface area contributed by atoms with Gasteiger partial charge in [-0.1, -0.05) is 6.08 Å². The zero-order chi connectivity index (χ0) is 19.1. The average Bonchev–Trinajstić information content (AvgIpc) is 3.24. The monoisotopic (exact) mass is 367 g/mol. The highest BCUT2D eigenvalue weighted by Gasteiger charge is 2.28. The molecule has 0 amide bonds. The van der Waals surface area contributed by atoms with Gasteiger partial charge in [-0.2, -0.15) is 4.98 Å². The molecule has 4 rings (SSSR count). The number of fused-ring (bicyclic) bond motifs is 3. The maximum Gasteiger partial charge on any atom is 0.332 e. The summed E-state index contributed by atoms with van der Waals surface area (Å²) in [6, 6.07) is 7.76. The van der Waals surface area contributed by atoms with Crippen molar-refractivity contribution in [2.75, 3.05) is 18.1 Å². The van der Waals surface area contributed by atoms with Crippen molar-refractivity contribution >= 4 is 22.8 Å². The molecule has 1 aliphatic heterocycles. The van der Waals surface area contributed by atoms with Crippen LogP contribution in [0.3, 0.4) is 0 Å². The van der Waals surface area contributed by atoms with Crippen LogP contribution in [0, 0.1) is 0 Å². The van der Waals surface area contributed by atoms with Crippen LogP contribution >= 0.6 is 0 Å². The first-order valence-corrected chi connectivity index (χ1v) is 8.88. The average molecular weight is 367 g/mol. The standard InChI is InChI=1S/C19H21N5O3/c1-4-10-24-17(25)15-16(21(3)19(24)26)20-18-22(11-12-23(15)18)13-6-8-14(9-7-13)27-5-2/h4,6-9H,1,5,10-12H2,2-3H3. The number of aryl methyl sites for hydroxylation is 1. The van der Waals surface area contributed by atoms with Gasteiger partial charge in [0.05, 0.1) is 6.61 Å². The van der Waals surface area contributed by atoms with Crippen LogP contribution in [0.1, 0.15) is 6.92 Å². The molecule has 0 aliphatic carbocycles. The van der Waals surface area contributed by atoms with Crippen molar-refractivity contribution in [3.8, 4) is 5.75 Å². The van der Waals surface area contributed by atoms with Crippen molar-refractivity contribution in [1.82, 2.24) is 18.7 Å². The SMILES string of the molecule is C=CCn1c(=O)c2c(nc3n2CCN3c2ccc(OCC)cc2)n(C)c1=O. The van der Waals surface area contributed by atoms with Crippen molar-refractivity contribution in [1.29, 1.82) is 0 Å². The molecule has 0 unspecified atom stereocenters. The summed E-state index contributed by atoms with van der Waals surface area (Å²) in [6.45, 7) is 7.69. The van der Waals surface area contributed by atoms with Gasteiger partial charge in [-0.15, -0.1) is 6.58 Å². The Morgan fingerprint density at radius 3 is 2.63 bits per heavy atom. The van der Waals surface area contributed by atoms with Crippen molar-refractivity contribution in [2.45, 2.75) is 20.0 Å². The summed E-state index contributed by atoms with van der Waals surface area (Å²) >= 11 is 0. The Bertz CT molecular complexity index is 1140. The number of nitrogens with zero attached hydrogens (tertiary/aromatic N) is 5. The van der Waals surface area contributed by atoms with Gasteiger partial charge in [-0.05, 0) is 31.2 Å². The zero-order valence-corrected chi connectivity index (χ0v) is 15.4. The van der Waals surface area contributed by atoms with Gasteiger partial charge >= 0.3 is 5.69 Å². The molecular weight excluding hydrogens is 346 g/mol. The van der Waals surface area contributed by atoms with Crippen molar-refractivity contribution in [2.24, 2.45) is 7.05 Å². The number of anilines is 2. The first kappa shape index (κ1) is 17.1. The molecule has 0 fully saturated rings. The van der Waals surface area contributed by atoms with E-state index in [1.807, 2.05) is 40.7 Å². The Morgan fingerprint density at radius 1 is 1.22 bits per heavy atom. The molecule has 27 heavy (non-hydrogen) atoms. The quantitative estimate of drug-likeness (QED) is 0.641. The highest BCUT2D eigenvalue weighted by Crippen LogP contribution is 2.32. The minimum absolute atomic E-state index is 0.171. The lowest BCUT2D eigenvalue weighted by atomic mass is 10.3. The summed E-state index contributed by atoms with van der Waals surface area (Å²) < 4.78 is 9.98. The van der Waals surface area contributed by atoms with Gasteiger partial charge in [-0.3, -0.25) is 13.9 Å². The highest BCUT2D eigenvalue weighted by atomic mass is 16.5. The third-order valence-corrected chi connectivity index (χ3v) is 4.77. The molecule has 2 aromatic heterocycles. The molecule has 8 nitrogen and oxygen atoms in total. The summed E-state index contributed by atoms with van der Waals surface area (Å²) in [4.78, 5) is 32.0. The molecule has 0 N–H and O–H groups in total. The van der Waals surface area contributed by atoms with Crippen molar-refractivity contribution < 1.29 is 4.74 Å². The molecule has 3 heterocycles. The van der Waals surface area contributed by atoms with E-state index in [4.69, 9.17) is 4.74 Å². The number of rotatable bonds is 5. The van der Waals surface area contributed by atoms with Crippen LogP contribution in [0.25, 0.3) is 11.2 Å². The minimum atomic E-state index is -0.392. The minimum Gasteiger partial charge on any atom is -0.494 e. The fourth-order valence-electron chi connectivity index (χ4n) is 3.50. The highest BCUT2D eigenvalue weighted by molar-refractivity contribution is 5.77. The second-order valence-electron chi connectivity index (χ2n) is 6.36. The number of aromatic nitrogens is 4. The van der Waals surface area contributed by atoms with Gasteiger partial charge < -0.3 is 14.2 Å². The summed E-state index contributed by atoms with van der Waals surface area (Å²) in [5.74, 6) is 1.47. The van der Waals surface area contributed by atoms with Gasteiger partial charge in [0, 0.05) is 32.4 Å². The second-order valence-corrected chi connectivity index (χ2v) is 6.36. The molecule has 1 aromatic carbocycles. The Morgan fingerprint density at radius 2 is 1.96 bits per heavy atom. The molecule has 0 spiro atoms. The predicted octanol–water partition coefficient (Wildman–Crippen LogP) is 1.63. The number of imidazole rings is 1. The van der Waals surface area contributed by atoms with E-state index in [1.54, 1.807) is 13.1 Å². The topological polar surface area (TPSA) is 74.3 Å². The Balaban J connectivity index is 1.86. The van der Waals surface area contributed by atoms with Gasteiger partial charge in [0.15, 0.2) is 11.2 Å². The largest absolute Gasteiger partial charge is 0.494 e. The van der Waals surface area contributed by atoms with Gasteiger partial charge in [0.2, 0.25) is 5.95 Å². The summed E-state index contributed by atoms with van der Waals surface area (Å²) in [7, 11) is 1.63. The zero-order valence-electron chi connectivity index (χ0n) is 15.4. The van der Waals surface area contributed by atoms with Gasteiger partial charge in [0.1, 0.15) is 5.75 Å². The van der Waals surface area contributed by atoms with Crippen LogP contribution in [0.15, 0.2) is 46.5 Å². The van der Waals surface area contributed by atoms with Gasteiger partial charge in [0.25, 0.3) is 5.56 Å². The lowest BCUT2D eigenvalue weighted by molar-refractivity contribution is 0.340. The van der Waals surface area contributed by atoms with E-state index in [0.717, 1.165) is 11.4 Å². The molecule has 0 radical (unpaired) electrons. The van der Waals surface area contributed by atoms with E-state index >= 15 is 0 Å². The molecule has 0 saturated carbocycles. The maximum absolute atomic E-state index is 12.9. The van der Waals surface area contributed by atoms with E-state index in [0.29, 0.717) is 36.8 Å². The Labute approximate surface area is 155 Å². The van der Waals surface area contributed by atoms with Crippen LogP contribution in [-0.4, -0.2) is 31.8 Å². The van der Waals surface area contributed by atoms with E-state index in [1.165, 1.54) is 9.13 Å². The van der Waals surface area contributed by atoms with Crippen LogP contribution < -0.4 is 20.9 Å². The number of hydrogen-bond acceptors (Lipinski definition) is 5. The summed E-state index contributed by atoms with van der Waals surface area (Å²) in [5, 5.41) is 0. The summed E-state index contributed by atoms with van der Waals surface area (Å²) in [6.07, 6.45) is 1.54. The van der Waals surface area contributed by atoms with E-state index in [-0.39, 0.29) is 12.1 Å². The van der Waals surface area contributed by atoms with Crippen molar-refractivity contribution in [3.63, 3.8) is 0 Å². The third kappa shape index (κ3) is 2.56. The second kappa shape index (κ2) is 6.46. The molecule has 3 aromatic rings. The predicted molar refractivity (Wildman–Crippen MR) is 104 cm³/mol. The molecule has 0 saturated heterocycles. The smallest absolute Gasteiger partial charge is 0.332 e. The van der Waals surface area contributed by atoms with E-state index in [9.17, 15) is 9.59 Å². The molecule has 8 heteroatoms. The van der Waals surface area contributed by atoms with Gasteiger partial charge in [-0.25, -0.2) is 4.79 Å². The lowest BCUT2D eigenvalue weighted by Crippen LogP contribution is -2.39. The lowest BCUT2D eigenvalue weighted by Gasteiger charge is -2.16. The van der Waals surface area contributed by atoms with E-state index < -0.39 is 5.69 Å². The maximum atomic E-state index is 12.9.